The maximum atomic E-state index is 13.6. The molecular formula is C35H38B2F2N2. The van der Waals surface area contributed by atoms with Gasteiger partial charge >= 0.3 is 0 Å². The monoisotopic (exact) mass is 546 g/mol. The minimum absolute atomic E-state index is 0.255. The fourth-order valence-corrected chi connectivity index (χ4v) is 5.32. The van der Waals surface area contributed by atoms with Crippen LogP contribution in [0.2, 0.25) is 12.6 Å². The lowest BCUT2D eigenvalue weighted by molar-refractivity contribution is 0.627. The van der Waals surface area contributed by atoms with E-state index < -0.39 is 0 Å². The predicted octanol–water partition coefficient (Wildman–Crippen LogP) is 7.51. The quantitative estimate of drug-likeness (QED) is 0.143. The van der Waals surface area contributed by atoms with Gasteiger partial charge in [0.1, 0.15) is 11.6 Å². The van der Waals surface area contributed by atoms with E-state index in [0.717, 1.165) is 102 Å². The van der Waals surface area contributed by atoms with Crippen molar-refractivity contribution >= 4 is 25.7 Å². The number of hydrogen-bond acceptors (Lipinski definition) is 2. The summed E-state index contributed by atoms with van der Waals surface area (Å²) in [5, 5.41) is 0. The maximum absolute atomic E-state index is 13.6. The molecule has 0 aromatic heterocycles. The summed E-state index contributed by atoms with van der Waals surface area (Å²) >= 11 is 0. The van der Waals surface area contributed by atoms with Crippen molar-refractivity contribution in [1.29, 1.82) is 0 Å². The van der Waals surface area contributed by atoms with Gasteiger partial charge in [-0.15, -0.1) is 0 Å². The molecule has 0 spiro atoms. The van der Waals surface area contributed by atoms with Crippen LogP contribution in [-0.4, -0.2) is 14.6 Å². The summed E-state index contributed by atoms with van der Waals surface area (Å²) in [4.78, 5) is 0. The van der Waals surface area contributed by atoms with Gasteiger partial charge in [-0.1, -0.05) is 116 Å². The van der Waals surface area contributed by atoms with E-state index in [0.29, 0.717) is 0 Å². The van der Waals surface area contributed by atoms with Crippen molar-refractivity contribution in [2.24, 2.45) is 11.5 Å². The molecule has 6 heteroatoms. The van der Waals surface area contributed by atoms with E-state index >= 15 is 0 Å². The highest BCUT2D eigenvalue weighted by Gasteiger charge is 2.13. The third-order valence-corrected chi connectivity index (χ3v) is 7.41. The van der Waals surface area contributed by atoms with Crippen LogP contribution in [0.1, 0.15) is 52.6 Å². The van der Waals surface area contributed by atoms with Crippen LogP contribution in [0.3, 0.4) is 0 Å². The van der Waals surface area contributed by atoms with Gasteiger partial charge in [-0.25, -0.2) is 8.78 Å². The summed E-state index contributed by atoms with van der Waals surface area (Å²) in [5.41, 5.74) is 23.2. The normalized spacial score (nSPS) is 12.4. The topological polar surface area (TPSA) is 52.0 Å². The van der Waals surface area contributed by atoms with Gasteiger partial charge in [-0.2, -0.15) is 0 Å². The molecule has 0 bridgehead atoms. The summed E-state index contributed by atoms with van der Waals surface area (Å²) in [6.07, 6.45) is 5.19. The van der Waals surface area contributed by atoms with E-state index in [2.05, 4.69) is 50.2 Å². The number of halogens is 2. The number of rotatable bonds is 12. The molecule has 0 unspecified atom stereocenters. The van der Waals surface area contributed by atoms with Gasteiger partial charge in [0.15, 0.2) is 14.6 Å². The Morgan fingerprint density at radius 1 is 0.537 bits per heavy atom. The highest BCUT2D eigenvalue weighted by atomic mass is 19.1. The summed E-state index contributed by atoms with van der Waals surface area (Å²) in [5.74, 6) is -0.509. The largest absolute Gasteiger partial charge is 0.409 e. The molecule has 0 amide bonds. The molecule has 208 valence electrons. The Morgan fingerprint density at radius 3 is 1.29 bits per heavy atom. The molecule has 0 radical (unpaired) electrons. The van der Waals surface area contributed by atoms with Crippen molar-refractivity contribution in [2.45, 2.75) is 45.8 Å². The number of nitrogens with two attached hydrogens (primary N) is 2. The lowest BCUT2D eigenvalue weighted by atomic mass is 9.65. The van der Waals surface area contributed by atoms with Gasteiger partial charge in [0, 0.05) is 0 Å². The molecule has 0 aliphatic heterocycles. The molecule has 0 atom stereocenters. The Labute approximate surface area is 244 Å². The Bertz CT molecular complexity index is 1400. The van der Waals surface area contributed by atoms with Crippen LogP contribution < -0.4 is 11.5 Å². The third kappa shape index (κ3) is 8.47. The summed E-state index contributed by atoms with van der Waals surface area (Å²) < 4.78 is 27.2. The smallest absolute Gasteiger partial charge is 0.179 e. The molecule has 41 heavy (non-hydrogen) atoms. The molecular weight excluding hydrogens is 508 g/mol. The zero-order valence-electron chi connectivity index (χ0n) is 24.1. The van der Waals surface area contributed by atoms with Crippen molar-refractivity contribution < 1.29 is 8.78 Å². The first-order chi connectivity index (χ1) is 19.8. The molecule has 2 nitrogen and oxygen atoms in total. The third-order valence-electron chi connectivity index (χ3n) is 7.41. The lowest BCUT2D eigenvalue weighted by Gasteiger charge is -2.14. The number of aryl methyl sites for hydroxylation is 2. The highest BCUT2D eigenvalue weighted by Crippen LogP contribution is 2.28. The van der Waals surface area contributed by atoms with Crippen LogP contribution in [0.25, 0.3) is 11.1 Å². The van der Waals surface area contributed by atoms with E-state index in [4.69, 9.17) is 11.5 Å². The molecule has 0 saturated heterocycles. The molecule has 0 saturated carbocycles. The van der Waals surface area contributed by atoms with Gasteiger partial charge in [-0.3, -0.25) is 0 Å². The fraction of sp³-hybridized carbons (Fsp3) is 0.200. The number of hydrogen-bond donors (Lipinski definition) is 2. The molecule has 0 heterocycles. The highest BCUT2D eigenvalue weighted by molar-refractivity contribution is 6.47. The Hall–Kier alpha value is -4.05. The Balaban J connectivity index is 1.36. The fourth-order valence-electron chi connectivity index (χ4n) is 5.32. The molecule has 0 aliphatic rings. The zero-order chi connectivity index (χ0) is 29.2. The van der Waals surface area contributed by atoms with Gasteiger partial charge in [0.05, 0.1) is 0 Å². The Kier molecular flexibility index (Phi) is 10.6. The Morgan fingerprint density at radius 2 is 0.927 bits per heavy atom. The summed E-state index contributed by atoms with van der Waals surface area (Å²) in [7, 11) is 1.57. The number of unbranched alkanes of at least 4 members (excludes halogenated alkanes) is 2. The SMILES string of the molecule is Cc1cccc(C(=C(N)BCCCCCBC(N)=C(c2ccc(F)cc2)c2cccc(C)c2)c2ccc(F)cc2)c1. The van der Waals surface area contributed by atoms with Crippen LogP contribution in [0.5, 0.6) is 0 Å². The maximum Gasteiger partial charge on any atom is 0.179 e. The summed E-state index contributed by atoms with van der Waals surface area (Å²) in [6.45, 7) is 4.13. The molecule has 0 fully saturated rings. The van der Waals surface area contributed by atoms with E-state index in [1.165, 1.54) is 24.3 Å². The lowest BCUT2D eigenvalue weighted by Crippen LogP contribution is -2.12. The van der Waals surface area contributed by atoms with Crippen molar-refractivity contribution in [3.05, 3.63) is 153 Å². The van der Waals surface area contributed by atoms with Gasteiger partial charge in [0.2, 0.25) is 0 Å². The van der Waals surface area contributed by atoms with Crippen molar-refractivity contribution in [2.75, 3.05) is 0 Å². The van der Waals surface area contributed by atoms with Crippen LogP contribution in [-0.2, 0) is 0 Å². The van der Waals surface area contributed by atoms with Crippen molar-refractivity contribution in [3.8, 4) is 0 Å². The van der Waals surface area contributed by atoms with E-state index in [1.54, 1.807) is 24.3 Å². The van der Waals surface area contributed by atoms with Crippen LogP contribution in [0.15, 0.2) is 108 Å². The first-order valence-electron chi connectivity index (χ1n) is 14.4. The van der Waals surface area contributed by atoms with Gasteiger partial charge in [0.25, 0.3) is 0 Å². The first kappa shape index (κ1) is 29.9. The molecule has 0 aliphatic carbocycles. The van der Waals surface area contributed by atoms with E-state index in [-0.39, 0.29) is 11.6 Å². The van der Waals surface area contributed by atoms with Crippen LogP contribution in [0.4, 0.5) is 8.78 Å². The standard InChI is InChI=1S/C35H38B2F2N2/c1-24-8-6-10-28(22-24)32(26-12-16-30(38)17-13-26)34(40)36-20-4-3-5-21-37-35(41)33(27-14-18-31(39)19-15-27)29-11-7-9-25(2)23-29/h6-19,22-23,36-37H,3-5,20-21,40-41H2,1-2H3. The average Bonchev–Trinajstić information content (AvgIpc) is 2.95. The van der Waals surface area contributed by atoms with Crippen molar-refractivity contribution in [3.63, 3.8) is 0 Å². The minimum atomic E-state index is -0.255. The minimum Gasteiger partial charge on any atom is -0.409 e. The van der Waals surface area contributed by atoms with Crippen LogP contribution >= 0.6 is 0 Å². The number of benzene rings is 4. The van der Waals surface area contributed by atoms with E-state index in [9.17, 15) is 8.78 Å². The predicted molar refractivity (Wildman–Crippen MR) is 173 cm³/mol. The van der Waals surface area contributed by atoms with E-state index in [1.807, 2.05) is 12.1 Å². The van der Waals surface area contributed by atoms with Crippen molar-refractivity contribution in [1.82, 2.24) is 0 Å². The molecule has 4 aromatic carbocycles. The second-order valence-electron chi connectivity index (χ2n) is 10.8. The van der Waals surface area contributed by atoms with Gasteiger partial charge in [-0.05, 0) is 82.7 Å². The second kappa shape index (κ2) is 14.5. The second-order valence-corrected chi connectivity index (χ2v) is 10.8. The van der Waals surface area contributed by atoms with Gasteiger partial charge < -0.3 is 11.5 Å². The summed E-state index contributed by atoms with van der Waals surface area (Å²) in [6, 6.07) is 29.7. The zero-order valence-corrected chi connectivity index (χ0v) is 24.1. The first-order valence-corrected chi connectivity index (χ1v) is 14.4. The molecule has 4 rings (SSSR count). The van der Waals surface area contributed by atoms with Crippen LogP contribution in [0, 0.1) is 25.5 Å². The molecule has 4 N–H and O–H groups in total. The average molecular weight is 546 g/mol. The molecule has 4 aromatic rings.